The fourth-order valence-electron chi connectivity index (χ4n) is 0.891. The SMILES string of the molecule is C=CCN(CC=C)C(C=C)[N]O. The lowest BCUT2D eigenvalue weighted by Crippen LogP contribution is -2.39. The van der Waals surface area contributed by atoms with Gasteiger partial charge in [-0.05, 0) is 0 Å². The van der Waals surface area contributed by atoms with E-state index in [-0.39, 0.29) is 6.17 Å². The molecular weight excluding hydrogens is 152 g/mol. The summed E-state index contributed by atoms with van der Waals surface area (Å²) in [5, 5.41) is 8.59. The van der Waals surface area contributed by atoms with Gasteiger partial charge in [0.25, 0.3) is 0 Å². The zero-order chi connectivity index (χ0) is 9.40. The first kappa shape index (κ1) is 11.1. The number of hydrogen-bond donors (Lipinski definition) is 1. The molecule has 0 aliphatic carbocycles. The minimum atomic E-state index is -0.374. The van der Waals surface area contributed by atoms with Gasteiger partial charge in [0.15, 0.2) is 0 Å². The Bertz CT molecular complexity index is 147. The summed E-state index contributed by atoms with van der Waals surface area (Å²) in [6.07, 6.45) is 4.67. The van der Waals surface area contributed by atoms with Crippen LogP contribution in [0.1, 0.15) is 0 Å². The second-order valence-corrected chi connectivity index (χ2v) is 2.30. The normalized spacial score (nSPS) is 12.5. The van der Waals surface area contributed by atoms with Crippen LogP contribution in [-0.2, 0) is 0 Å². The van der Waals surface area contributed by atoms with E-state index in [1.165, 1.54) is 0 Å². The molecule has 67 valence electrons. The van der Waals surface area contributed by atoms with E-state index in [1.54, 1.807) is 18.2 Å². The van der Waals surface area contributed by atoms with Gasteiger partial charge in [-0.2, -0.15) is 0 Å². The monoisotopic (exact) mass is 167 g/mol. The van der Waals surface area contributed by atoms with E-state index in [2.05, 4.69) is 25.2 Å². The Hall–Kier alpha value is -0.900. The van der Waals surface area contributed by atoms with Gasteiger partial charge in [0.1, 0.15) is 6.17 Å². The van der Waals surface area contributed by atoms with Gasteiger partial charge in [-0.3, -0.25) is 10.1 Å². The van der Waals surface area contributed by atoms with Crippen LogP contribution in [0.4, 0.5) is 0 Å². The molecule has 0 aliphatic rings. The molecule has 1 N–H and O–H groups in total. The van der Waals surface area contributed by atoms with Gasteiger partial charge in [0.05, 0.1) is 0 Å². The first-order chi connectivity index (χ1) is 5.79. The first-order valence-corrected chi connectivity index (χ1v) is 3.72. The second kappa shape index (κ2) is 6.79. The molecule has 0 rings (SSSR count). The molecule has 0 aromatic rings. The molecule has 0 saturated heterocycles. The Morgan fingerprint density at radius 3 is 2.00 bits per heavy atom. The van der Waals surface area contributed by atoms with Crippen molar-refractivity contribution >= 4 is 0 Å². The van der Waals surface area contributed by atoms with Crippen molar-refractivity contribution in [1.29, 1.82) is 0 Å². The van der Waals surface area contributed by atoms with Gasteiger partial charge in [-0.25, -0.2) is 0 Å². The Balaban J connectivity index is 4.12. The van der Waals surface area contributed by atoms with Crippen LogP contribution in [0.25, 0.3) is 0 Å². The molecule has 1 radical (unpaired) electrons. The van der Waals surface area contributed by atoms with Crippen LogP contribution >= 0.6 is 0 Å². The highest BCUT2D eigenvalue weighted by Crippen LogP contribution is 1.98. The van der Waals surface area contributed by atoms with E-state index in [0.29, 0.717) is 13.1 Å². The van der Waals surface area contributed by atoms with Gasteiger partial charge in [-0.1, -0.05) is 23.7 Å². The summed E-state index contributed by atoms with van der Waals surface area (Å²) >= 11 is 0. The van der Waals surface area contributed by atoms with Crippen molar-refractivity contribution in [2.45, 2.75) is 6.17 Å². The summed E-state index contributed by atoms with van der Waals surface area (Å²) in [4.78, 5) is 1.87. The summed E-state index contributed by atoms with van der Waals surface area (Å²) in [6, 6.07) is 0. The average molecular weight is 167 g/mol. The van der Waals surface area contributed by atoms with Crippen LogP contribution in [0.5, 0.6) is 0 Å². The minimum absolute atomic E-state index is 0.374. The molecule has 3 heteroatoms. The van der Waals surface area contributed by atoms with E-state index in [4.69, 9.17) is 5.21 Å². The highest BCUT2D eigenvalue weighted by atomic mass is 16.5. The van der Waals surface area contributed by atoms with E-state index < -0.39 is 0 Å². The summed E-state index contributed by atoms with van der Waals surface area (Å²) < 4.78 is 0. The molecule has 0 amide bonds. The molecule has 0 aromatic heterocycles. The topological polar surface area (TPSA) is 37.6 Å². The maximum absolute atomic E-state index is 8.59. The molecule has 0 bridgehead atoms. The molecule has 0 heterocycles. The van der Waals surface area contributed by atoms with Gasteiger partial charge in [-0.15, -0.1) is 19.7 Å². The fraction of sp³-hybridized carbons (Fsp3) is 0.333. The third kappa shape index (κ3) is 3.48. The number of hydrogen-bond acceptors (Lipinski definition) is 2. The predicted octanol–water partition coefficient (Wildman–Crippen LogP) is 1.17. The average Bonchev–Trinajstić information content (AvgIpc) is 2.07. The van der Waals surface area contributed by atoms with Crippen LogP contribution in [-0.4, -0.2) is 29.4 Å². The lowest BCUT2D eigenvalue weighted by atomic mass is 10.3. The predicted molar refractivity (Wildman–Crippen MR) is 49.9 cm³/mol. The van der Waals surface area contributed by atoms with Gasteiger partial charge >= 0.3 is 0 Å². The van der Waals surface area contributed by atoms with Crippen LogP contribution in [0, 0.1) is 0 Å². The standard InChI is InChI=1S/C9H15N2O/c1-4-7-11(8-5-2)9(6-3)10-12/h4-6,9,12H,1-3,7-8H2. The summed E-state index contributed by atoms with van der Waals surface area (Å²) in [6.45, 7) is 12.0. The van der Waals surface area contributed by atoms with E-state index in [0.717, 1.165) is 0 Å². The third-order valence-electron chi connectivity index (χ3n) is 1.43. The van der Waals surface area contributed by atoms with Gasteiger partial charge < -0.3 is 0 Å². The minimum Gasteiger partial charge on any atom is -0.295 e. The lowest BCUT2D eigenvalue weighted by molar-refractivity contribution is 0.0607. The molecule has 0 aliphatic heterocycles. The molecule has 3 nitrogen and oxygen atoms in total. The van der Waals surface area contributed by atoms with Crippen LogP contribution < -0.4 is 5.48 Å². The van der Waals surface area contributed by atoms with Crippen molar-refractivity contribution in [2.75, 3.05) is 13.1 Å². The summed E-state index contributed by atoms with van der Waals surface area (Å²) in [7, 11) is 0. The third-order valence-corrected chi connectivity index (χ3v) is 1.43. The van der Waals surface area contributed by atoms with Crippen molar-refractivity contribution in [3.8, 4) is 0 Å². The molecular formula is C9H15N2O. The highest BCUT2D eigenvalue weighted by molar-refractivity contribution is 4.89. The van der Waals surface area contributed by atoms with Crippen LogP contribution in [0.15, 0.2) is 38.0 Å². The second-order valence-electron chi connectivity index (χ2n) is 2.30. The van der Waals surface area contributed by atoms with Crippen molar-refractivity contribution < 1.29 is 5.21 Å². The Morgan fingerprint density at radius 2 is 1.75 bits per heavy atom. The smallest absolute Gasteiger partial charge is 0.124 e. The molecule has 0 spiro atoms. The van der Waals surface area contributed by atoms with Crippen molar-refractivity contribution in [3.05, 3.63) is 38.0 Å². The molecule has 12 heavy (non-hydrogen) atoms. The fourth-order valence-corrected chi connectivity index (χ4v) is 0.891. The van der Waals surface area contributed by atoms with E-state index >= 15 is 0 Å². The van der Waals surface area contributed by atoms with Crippen molar-refractivity contribution in [3.63, 3.8) is 0 Å². The van der Waals surface area contributed by atoms with E-state index in [9.17, 15) is 0 Å². The highest BCUT2D eigenvalue weighted by Gasteiger charge is 2.11. The first-order valence-electron chi connectivity index (χ1n) is 3.72. The number of rotatable bonds is 7. The summed E-state index contributed by atoms with van der Waals surface area (Å²) in [5.41, 5.74) is 3.16. The Kier molecular flexibility index (Phi) is 6.28. The van der Waals surface area contributed by atoms with Crippen LogP contribution in [0.3, 0.4) is 0 Å². The van der Waals surface area contributed by atoms with Gasteiger partial charge in [0, 0.05) is 13.1 Å². The van der Waals surface area contributed by atoms with Crippen molar-refractivity contribution in [1.82, 2.24) is 10.4 Å². The zero-order valence-corrected chi connectivity index (χ0v) is 7.19. The largest absolute Gasteiger partial charge is 0.295 e. The zero-order valence-electron chi connectivity index (χ0n) is 7.19. The molecule has 1 unspecified atom stereocenters. The van der Waals surface area contributed by atoms with Gasteiger partial charge in [0.2, 0.25) is 0 Å². The number of nitrogens with zero attached hydrogens (tertiary/aromatic N) is 2. The quantitative estimate of drug-likeness (QED) is 0.456. The lowest BCUT2D eigenvalue weighted by Gasteiger charge is -2.23. The Morgan fingerprint density at radius 1 is 1.25 bits per heavy atom. The molecule has 0 saturated carbocycles. The van der Waals surface area contributed by atoms with Crippen molar-refractivity contribution in [2.24, 2.45) is 0 Å². The van der Waals surface area contributed by atoms with Crippen LogP contribution in [0.2, 0.25) is 0 Å². The summed E-state index contributed by atoms with van der Waals surface area (Å²) in [5.74, 6) is 0. The molecule has 0 fully saturated rings. The van der Waals surface area contributed by atoms with E-state index in [1.807, 2.05) is 4.90 Å². The number of hydroxylamine groups is 1. The molecule has 1 atom stereocenters. The Labute approximate surface area is 73.6 Å². The maximum atomic E-state index is 8.59. The maximum Gasteiger partial charge on any atom is 0.124 e. The molecule has 0 aromatic carbocycles.